The van der Waals surface area contributed by atoms with Crippen molar-refractivity contribution in [2.75, 3.05) is 11.5 Å². The summed E-state index contributed by atoms with van der Waals surface area (Å²) in [4.78, 5) is 12.3. The van der Waals surface area contributed by atoms with E-state index in [1.165, 1.54) is 30.3 Å². The molecular formula is C13H13BN2O4. The van der Waals surface area contributed by atoms with Gasteiger partial charge in [-0.2, -0.15) is 0 Å². The van der Waals surface area contributed by atoms with Crippen LogP contribution < -0.4 is 16.9 Å². The molecule has 20 heavy (non-hydrogen) atoms. The second kappa shape index (κ2) is 5.24. The first-order valence-electron chi connectivity index (χ1n) is 5.78. The summed E-state index contributed by atoms with van der Waals surface area (Å²) >= 11 is 0. The molecule has 0 aliphatic heterocycles. The summed E-state index contributed by atoms with van der Waals surface area (Å²) in [6.45, 7) is 0. The highest BCUT2D eigenvalue weighted by atomic mass is 16.4. The maximum absolute atomic E-state index is 12.3. The number of hydrogen-bond acceptors (Lipinski definition) is 6. The number of nitrogens with two attached hydrogens (primary N) is 2. The number of carbonyl (C=O) groups excluding carboxylic acids is 1. The Hall–Kier alpha value is -2.51. The van der Waals surface area contributed by atoms with Crippen molar-refractivity contribution < 1.29 is 19.9 Å². The van der Waals surface area contributed by atoms with Crippen LogP contribution in [0.1, 0.15) is 15.9 Å². The first-order chi connectivity index (χ1) is 9.38. The van der Waals surface area contributed by atoms with Crippen molar-refractivity contribution in [1.29, 1.82) is 0 Å². The topological polar surface area (TPSA) is 130 Å². The van der Waals surface area contributed by atoms with Gasteiger partial charge in [-0.15, -0.1) is 0 Å². The standard InChI is InChI=1S/C13H13BN2O4/c15-9-3-7(4-10(16)6-9)13(18)11-2-1-8(14(19)20)5-12(11)17/h1-6,17,19-20H,15-16H2. The van der Waals surface area contributed by atoms with Crippen molar-refractivity contribution in [3.8, 4) is 5.75 Å². The number of phenolic OH excluding ortho intramolecular Hbond substituents is 1. The summed E-state index contributed by atoms with van der Waals surface area (Å²) in [5.74, 6) is -0.804. The van der Waals surface area contributed by atoms with Gasteiger partial charge in [-0.25, -0.2) is 0 Å². The Morgan fingerprint density at radius 2 is 1.60 bits per heavy atom. The smallest absolute Gasteiger partial charge is 0.488 e. The lowest BCUT2D eigenvalue weighted by atomic mass is 9.79. The number of rotatable bonds is 3. The van der Waals surface area contributed by atoms with Gasteiger partial charge in [-0.05, 0) is 35.8 Å². The molecule has 0 saturated carbocycles. The van der Waals surface area contributed by atoms with E-state index < -0.39 is 12.9 Å². The average molecular weight is 272 g/mol. The minimum Gasteiger partial charge on any atom is -0.507 e. The van der Waals surface area contributed by atoms with E-state index in [1.54, 1.807) is 0 Å². The Morgan fingerprint density at radius 1 is 1.00 bits per heavy atom. The quantitative estimate of drug-likeness (QED) is 0.290. The summed E-state index contributed by atoms with van der Waals surface area (Å²) in [7, 11) is -1.71. The molecule has 0 unspecified atom stereocenters. The molecule has 2 rings (SSSR count). The van der Waals surface area contributed by atoms with Gasteiger partial charge in [-0.1, -0.05) is 6.07 Å². The van der Waals surface area contributed by atoms with Gasteiger partial charge in [0.2, 0.25) is 0 Å². The van der Waals surface area contributed by atoms with Gasteiger partial charge in [0.25, 0.3) is 0 Å². The van der Waals surface area contributed by atoms with Crippen LogP contribution in [-0.4, -0.2) is 28.1 Å². The Balaban J connectivity index is 2.43. The largest absolute Gasteiger partial charge is 0.507 e. The summed E-state index contributed by atoms with van der Waals surface area (Å²) in [5, 5.41) is 27.8. The third-order valence-corrected chi connectivity index (χ3v) is 2.80. The summed E-state index contributed by atoms with van der Waals surface area (Å²) in [6.07, 6.45) is 0. The minimum absolute atomic E-state index is 0.0272. The summed E-state index contributed by atoms with van der Waals surface area (Å²) < 4.78 is 0. The van der Waals surface area contributed by atoms with Crippen LogP contribution in [0.4, 0.5) is 11.4 Å². The molecule has 0 saturated heterocycles. The fraction of sp³-hybridized carbons (Fsp3) is 0. The van der Waals surface area contributed by atoms with Gasteiger partial charge < -0.3 is 26.6 Å². The molecule has 0 bridgehead atoms. The molecule has 2 aromatic rings. The highest BCUT2D eigenvalue weighted by Gasteiger charge is 2.18. The fourth-order valence-electron chi connectivity index (χ4n) is 1.86. The second-order valence-corrected chi connectivity index (χ2v) is 4.37. The van der Waals surface area contributed by atoms with Crippen molar-refractivity contribution >= 4 is 29.7 Å². The highest BCUT2D eigenvalue weighted by Crippen LogP contribution is 2.22. The molecule has 0 aliphatic carbocycles. The van der Waals surface area contributed by atoms with Gasteiger partial charge in [-0.3, -0.25) is 4.79 Å². The normalized spacial score (nSPS) is 10.3. The molecule has 0 aromatic heterocycles. The fourth-order valence-corrected chi connectivity index (χ4v) is 1.86. The Bertz CT molecular complexity index is 653. The Labute approximate surface area is 115 Å². The molecule has 0 fully saturated rings. The first-order valence-corrected chi connectivity index (χ1v) is 5.78. The molecule has 0 aliphatic rings. The van der Waals surface area contributed by atoms with Gasteiger partial charge in [0.15, 0.2) is 5.78 Å². The van der Waals surface area contributed by atoms with Crippen molar-refractivity contribution in [1.82, 2.24) is 0 Å². The van der Waals surface area contributed by atoms with Crippen molar-refractivity contribution in [2.24, 2.45) is 0 Å². The van der Waals surface area contributed by atoms with E-state index in [2.05, 4.69) is 0 Å². The van der Waals surface area contributed by atoms with Crippen LogP contribution in [0.2, 0.25) is 0 Å². The Morgan fingerprint density at radius 3 is 2.10 bits per heavy atom. The van der Waals surface area contributed by atoms with E-state index >= 15 is 0 Å². The number of anilines is 2. The molecule has 102 valence electrons. The molecular weight excluding hydrogens is 259 g/mol. The zero-order valence-corrected chi connectivity index (χ0v) is 10.4. The van der Waals surface area contributed by atoms with Crippen LogP contribution in [0, 0.1) is 0 Å². The predicted molar refractivity (Wildman–Crippen MR) is 76.6 cm³/mol. The second-order valence-electron chi connectivity index (χ2n) is 4.37. The van der Waals surface area contributed by atoms with Crippen molar-refractivity contribution in [2.45, 2.75) is 0 Å². The molecule has 6 nitrogen and oxygen atoms in total. The average Bonchev–Trinajstić information content (AvgIpc) is 2.36. The molecule has 0 spiro atoms. The highest BCUT2D eigenvalue weighted by molar-refractivity contribution is 6.58. The molecule has 2 aromatic carbocycles. The lowest BCUT2D eigenvalue weighted by Gasteiger charge is -2.08. The molecule has 0 atom stereocenters. The van der Waals surface area contributed by atoms with E-state index in [9.17, 15) is 9.90 Å². The number of ketones is 1. The van der Waals surface area contributed by atoms with Crippen LogP contribution in [0.3, 0.4) is 0 Å². The number of aromatic hydroxyl groups is 1. The van der Waals surface area contributed by atoms with Gasteiger partial charge in [0.1, 0.15) is 5.75 Å². The predicted octanol–water partition coefficient (Wildman–Crippen LogP) is -0.533. The zero-order valence-electron chi connectivity index (χ0n) is 10.4. The van der Waals surface area contributed by atoms with E-state index in [4.69, 9.17) is 21.5 Å². The monoisotopic (exact) mass is 272 g/mol. The van der Waals surface area contributed by atoms with Crippen molar-refractivity contribution in [3.05, 3.63) is 47.5 Å². The molecule has 0 radical (unpaired) electrons. The third kappa shape index (κ3) is 2.74. The molecule has 0 heterocycles. The van der Waals surface area contributed by atoms with E-state index in [-0.39, 0.29) is 22.3 Å². The number of hydrogen-bond donors (Lipinski definition) is 5. The number of phenols is 1. The van der Waals surface area contributed by atoms with Gasteiger partial charge in [0.05, 0.1) is 5.56 Å². The van der Waals surface area contributed by atoms with Crippen LogP contribution in [0.25, 0.3) is 0 Å². The molecule has 7 N–H and O–H groups in total. The van der Waals surface area contributed by atoms with Crippen LogP contribution in [0.5, 0.6) is 5.75 Å². The Kier molecular flexibility index (Phi) is 3.65. The van der Waals surface area contributed by atoms with E-state index in [1.807, 2.05) is 0 Å². The van der Waals surface area contributed by atoms with Crippen molar-refractivity contribution in [3.63, 3.8) is 0 Å². The molecule has 0 amide bonds. The number of nitrogen functional groups attached to an aromatic ring is 2. The maximum Gasteiger partial charge on any atom is 0.488 e. The SMILES string of the molecule is Nc1cc(N)cc(C(=O)c2ccc(B(O)O)cc2O)c1. The van der Waals surface area contributed by atoms with E-state index in [0.29, 0.717) is 11.4 Å². The van der Waals surface area contributed by atoms with E-state index in [0.717, 1.165) is 6.07 Å². The number of carbonyl (C=O) groups is 1. The van der Waals surface area contributed by atoms with Crippen LogP contribution >= 0.6 is 0 Å². The van der Waals surface area contributed by atoms with Gasteiger partial charge >= 0.3 is 7.12 Å². The molecule has 7 heteroatoms. The zero-order chi connectivity index (χ0) is 14.9. The lowest BCUT2D eigenvalue weighted by Crippen LogP contribution is -2.29. The summed E-state index contributed by atoms with van der Waals surface area (Å²) in [5.41, 5.74) is 12.3. The lowest BCUT2D eigenvalue weighted by molar-refractivity contribution is 0.103. The maximum atomic E-state index is 12.3. The van der Waals surface area contributed by atoms with Crippen LogP contribution in [0.15, 0.2) is 36.4 Å². The third-order valence-electron chi connectivity index (χ3n) is 2.80. The first kappa shape index (κ1) is 13.9. The summed E-state index contributed by atoms with van der Waals surface area (Å²) in [6, 6.07) is 8.19. The number of benzene rings is 2. The minimum atomic E-state index is -1.71. The van der Waals surface area contributed by atoms with Crippen LogP contribution in [-0.2, 0) is 0 Å². The van der Waals surface area contributed by atoms with Gasteiger partial charge in [0, 0.05) is 16.9 Å².